The minimum Gasteiger partial charge on any atom is -0.363 e. The maximum Gasteiger partial charge on any atom is 0.137 e. The predicted molar refractivity (Wildman–Crippen MR) is 372 cm³/mol. The summed E-state index contributed by atoms with van der Waals surface area (Å²) < 4.78 is 0. The van der Waals surface area contributed by atoms with E-state index in [2.05, 4.69) is 168 Å². The van der Waals surface area contributed by atoms with Crippen LogP contribution in [0.15, 0.2) is 177 Å². The average molecular weight is 1330 g/mol. The van der Waals surface area contributed by atoms with Gasteiger partial charge in [-0.05, 0) is 97.1 Å². The number of nitrogens with zero attached hydrogens (tertiary/aromatic N) is 12. The quantitative estimate of drug-likeness (QED) is 0.0757. The van der Waals surface area contributed by atoms with E-state index in [0.29, 0.717) is 16.7 Å². The first-order valence-corrected chi connectivity index (χ1v) is 32.9. The fraction of sp³-hybridized carbons (Fsp3) is 0.282. The second-order valence-corrected chi connectivity index (χ2v) is 25.2. The number of anilines is 4. The molecule has 4 N–H and O–H groups in total. The molecule has 92 heavy (non-hydrogen) atoms. The lowest BCUT2D eigenvalue weighted by Crippen LogP contribution is -2.32. The number of nitrogens with one attached hydrogen (secondary N) is 4. The van der Waals surface area contributed by atoms with Crippen LogP contribution in [0.3, 0.4) is 0 Å². The molecule has 0 saturated carbocycles. The fourth-order valence-corrected chi connectivity index (χ4v) is 12.3. The SMILES string of the molecule is C[C@@H](Nc1ncnc2c1CN(Cc1ccccc1)CC2)c1ccc(Cl)cc1.C[C@@H](Nc1ncnc2c1CN(c1ccc(Cl)cn1)CC2)c1ccc(Cl)cc1.C[C@@H](Nc1ncnc2c1CNCC2)c1ccc(Cl)cc1.Clc1ncnc2c1CN(Cc1ccccc1)CC2. The first-order chi connectivity index (χ1) is 44.8. The number of fused-ring (bicyclic) bond motifs is 4. The van der Waals surface area contributed by atoms with Gasteiger partial charge in [0.25, 0.3) is 0 Å². The van der Waals surface area contributed by atoms with Crippen molar-refractivity contribution in [2.75, 3.05) is 47.0 Å². The van der Waals surface area contributed by atoms with E-state index in [1.807, 2.05) is 78.9 Å². The number of hydrogen-bond donors (Lipinski definition) is 4. The van der Waals surface area contributed by atoms with Crippen LogP contribution in [-0.2, 0) is 65.0 Å². The van der Waals surface area contributed by atoms with Gasteiger partial charge in [0.05, 0.1) is 27.8 Å². The normalized spacial score (nSPS) is 15.1. The second kappa shape index (κ2) is 32.1. The zero-order valence-electron chi connectivity index (χ0n) is 51.6. The van der Waals surface area contributed by atoms with Crippen molar-refractivity contribution in [1.29, 1.82) is 0 Å². The molecule has 10 aromatic rings. The topological polar surface area (TPSA) is 174 Å². The van der Waals surface area contributed by atoms with E-state index in [9.17, 15) is 0 Å². The van der Waals surface area contributed by atoms with E-state index < -0.39 is 0 Å². The van der Waals surface area contributed by atoms with Gasteiger partial charge in [0.1, 0.15) is 53.7 Å². The average Bonchev–Trinajstić information content (AvgIpc) is 0.982. The highest BCUT2D eigenvalue weighted by Crippen LogP contribution is 2.32. The maximum atomic E-state index is 6.13. The van der Waals surface area contributed by atoms with Crippen LogP contribution < -0.4 is 26.2 Å². The van der Waals surface area contributed by atoms with Crippen molar-refractivity contribution in [3.63, 3.8) is 0 Å². The van der Waals surface area contributed by atoms with Gasteiger partial charge in [-0.15, -0.1) is 0 Å². The molecular weight excluding hydrogens is 1250 g/mol. The molecule has 21 heteroatoms. The Hall–Kier alpha value is -7.90. The molecular formula is C71H73Cl5N16. The Labute approximate surface area is 563 Å². The van der Waals surface area contributed by atoms with Crippen LogP contribution in [0, 0.1) is 0 Å². The zero-order chi connectivity index (χ0) is 63.8. The zero-order valence-corrected chi connectivity index (χ0v) is 55.4. The molecule has 472 valence electrons. The molecule has 4 aliphatic rings. The third-order valence-corrected chi connectivity index (χ3v) is 18.0. The van der Waals surface area contributed by atoms with Gasteiger partial charge in [-0.2, -0.15) is 0 Å². The van der Waals surface area contributed by atoms with Crippen LogP contribution in [0.4, 0.5) is 23.3 Å². The van der Waals surface area contributed by atoms with Crippen molar-refractivity contribution in [2.45, 2.75) is 104 Å². The van der Waals surface area contributed by atoms with Crippen LogP contribution >= 0.6 is 58.0 Å². The summed E-state index contributed by atoms with van der Waals surface area (Å²) in [5, 5.41) is 17.4. The first kappa shape index (κ1) is 65.6. The van der Waals surface area contributed by atoms with E-state index in [1.54, 1.807) is 31.5 Å². The van der Waals surface area contributed by atoms with E-state index in [4.69, 9.17) is 58.0 Å². The Balaban J connectivity index is 0.000000127. The Morgan fingerprint density at radius 3 is 1.27 bits per heavy atom. The van der Waals surface area contributed by atoms with Crippen LogP contribution in [0.1, 0.15) is 112 Å². The summed E-state index contributed by atoms with van der Waals surface area (Å²) in [5.41, 5.74) is 15.2. The summed E-state index contributed by atoms with van der Waals surface area (Å²) in [6.45, 7) is 15.4. The summed E-state index contributed by atoms with van der Waals surface area (Å²) in [5.74, 6) is 3.62. The van der Waals surface area contributed by atoms with Crippen molar-refractivity contribution in [1.82, 2.24) is 60.0 Å². The van der Waals surface area contributed by atoms with Gasteiger partial charge < -0.3 is 26.2 Å². The fourth-order valence-electron chi connectivity index (χ4n) is 11.6. The number of benzene rings is 5. The molecule has 0 spiro atoms. The molecule has 5 aromatic heterocycles. The van der Waals surface area contributed by atoms with Gasteiger partial charge in [0.15, 0.2) is 0 Å². The number of hydrogen-bond acceptors (Lipinski definition) is 16. The molecule has 5 aromatic carbocycles. The minimum atomic E-state index is 0.102. The Morgan fingerprint density at radius 2 is 0.804 bits per heavy atom. The van der Waals surface area contributed by atoms with Gasteiger partial charge in [0, 0.05) is 153 Å². The molecule has 9 heterocycles. The Bertz CT molecular complexity index is 3990. The molecule has 0 bridgehead atoms. The van der Waals surface area contributed by atoms with Crippen molar-refractivity contribution in [2.24, 2.45) is 0 Å². The highest BCUT2D eigenvalue weighted by molar-refractivity contribution is 6.31. The van der Waals surface area contributed by atoms with Gasteiger partial charge in [-0.3, -0.25) is 9.80 Å². The molecule has 0 saturated heterocycles. The third-order valence-electron chi connectivity index (χ3n) is 16.7. The monoisotopic (exact) mass is 1320 g/mol. The lowest BCUT2D eigenvalue weighted by molar-refractivity contribution is 0.243. The standard InChI is InChI=1S/C22H23ClN4.C20H19Cl2N5.C15H17ClN4.C14H14ClN3/c1-16(18-7-9-19(23)10-8-18)26-22-20-14-27(12-11-21(20)24-15-25-22)13-17-5-3-2-4-6-17;1-13(14-2-4-15(21)5-3-14)26-20-17-11-27(9-8-18(17)24-12-25-20)19-7-6-16(22)10-23-19;1-10(11-2-4-12(16)5-3-11)20-15-13-8-17-7-6-14(13)18-9-19-15;15-14-12-9-18(7-6-13(12)16-10-17-14)8-11-4-2-1-3-5-11/h2-10,15-16H,11-14H2,1H3,(H,24,25,26);2-7,10,12-13H,8-9,11H2,1H3,(H,24,25,26);2-5,9-10,17H,6-8H2,1H3,(H,18,19,20);1-5,10H,6-9H2/t16-;13-;10-;/m111./s1. The van der Waals surface area contributed by atoms with Crippen molar-refractivity contribution >= 4 is 81.3 Å². The third kappa shape index (κ3) is 17.8. The van der Waals surface area contributed by atoms with Gasteiger partial charge in [-0.1, -0.05) is 155 Å². The van der Waals surface area contributed by atoms with Crippen molar-refractivity contribution < 1.29 is 0 Å². The molecule has 0 aliphatic carbocycles. The molecule has 4 aliphatic heterocycles. The predicted octanol–water partition coefficient (Wildman–Crippen LogP) is 15.4. The van der Waals surface area contributed by atoms with Crippen molar-refractivity contribution in [3.05, 3.63) is 275 Å². The molecule has 0 radical (unpaired) electrons. The Kier molecular flexibility index (Phi) is 22.9. The highest BCUT2D eigenvalue weighted by atomic mass is 35.5. The molecule has 14 rings (SSSR count). The minimum absolute atomic E-state index is 0.102. The number of rotatable bonds is 14. The van der Waals surface area contributed by atoms with Crippen LogP contribution in [-0.4, -0.2) is 80.8 Å². The maximum absolute atomic E-state index is 6.13. The number of halogens is 5. The largest absolute Gasteiger partial charge is 0.363 e. The van der Waals surface area contributed by atoms with Crippen LogP contribution in [0.25, 0.3) is 0 Å². The second-order valence-electron chi connectivity index (χ2n) is 23.1. The van der Waals surface area contributed by atoms with E-state index in [1.165, 1.54) is 33.4 Å². The molecule has 0 unspecified atom stereocenters. The summed E-state index contributed by atoms with van der Waals surface area (Å²) in [6.07, 6.45) is 11.9. The lowest BCUT2D eigenvalue weighted by Gasteiger charge is -2.30. The molecule has 16 nitrogen and oxygen atoms in total. The lowest BCUT2D eigenvalue weighted by atomic mass is 10.0. The van der Waals surface area contributed by atoms with E-state index >= 15 is 0 Å². The van der Waals surface area contributed by atoms with Crippen LogP contribution in [0.2, 0.25) is 25.2 Å². The molecule has 0 amide bonds. The van der Waals surface area contributed by atoms with Gasteiger partial charge in [-0.25, -0.2) is 44.9 Å². The van der Waals surface area contributed by atoms with E-state index in [-0.39, 0.29) is 18.1 Å². The highest BCUT2D eigenvalue weighted by Gasteiger charge is 2.26. The summed E-state index contributed by atoms with van der Waals surface area (Å²) in [4.78, 5) is 46.7. The van der Waals surface area contributed by atoms with Crippen LogP contribution in [0.5, 0.6) is 0 Å². The number of pyridine rings is 1. The summed E-state index contributed by atoms with van der Waals surface area (Å²) in [7, 11) is 0. The Morgan fingerprint density at radius 1 is 0.402 bits per heavy atom. The summed E-state index contributed by atoms with van der Waals surface area (Å²) in [6, 6.07) is 49.0. The van der Waals surface area contributed by atoms with Gasteiger partial charge in [0.2, 0.25) is 0 Å². The molecule has 3 atom stereocenters. The first-order valence-electron chi connectivity index (χ1n) is 31.0. The smallest absolute Gasteiger partial charge is 0.137 e. The summed E-state index contributed by atoms with van der Waals surface area (Å²) >= 11 is 30.0. The van der Waals surface area contributed by atoms with Crippen molar-refractivity contribution in [3.8, 4) is 0 Å². The van der Waals surface area contributed by atoms with E-state index in [0.717, 1.165) is 162 Å². The molecule has 0 fully saturated rings. The van der Waals surface area contributed by atoms with Gasteiger partial charge >= 0.3 is 0 Å². The number of aromatic nitrogens is 9.